The number of nitrogens with one attached hydrogen (secondary N) is 1. The van der Waals surface area contributed by atoms with E-state index >= 15 is 0 Å². The molecule has 0 heterocycles. The van der Waals surface area contributed by atoms with Crippen LogP contribution in [-0.2, 0) is 14.3 Å². The number of carboxylic acid groups (broad SMARTS) is 1. The molecule has 2 aliphatic carbocycles. The van der Waals surface area contributed by atoms with Crippen LogP contribution in [-0.4, -0.2) is 53.7 Å². The Bertz CT molecular complexity index is 1110. The zero-order valence-electron chi connectivity index (χ0n) is 19.2. The lowest BCUT2D eigenvalue weighted by atomic mass is 9.80. The molecule has 34 heavy (non-hydrogen) atoms. The number of hydrogen-bond donors (Lipinski definition) is 2. The maximum absolute atomic E-state index is 12.5. The number of carbonyl (C=O) groups excluding carboxylic acids is 2. The van der Waals surface area contributed by atoms with Gasteiger partial charge in [0.2, 0.25) is 0 Å². The quantitative estimate of drug-likeness (QED) is 0.662. The van der Waals surface area contributed by atoms with E-state index in [2.05, 4.69) is 29.3 Å². The van der Waals surface area contributed by atoms with E-state index < -0.39 is 23.5 Å². The van der Waals surface area contributed by atoms with Gasteiger partial charge in [0.25, 0.3) is 5.91 Å². The number of aliphatic carboxylic acids is 1. The van der Waals surface area contributed by atoms with E-state index in [1.54, 1.807) is 0 Å². The monoisotopic (exact) mass is 460 g/mol. The van der Waals surface area contributed by atoms with Crippen LogP contribution in [0.5, 0.6) is 0 Å². The third-order valence-corrected chi connectivity index (χ3v) is 6.89. The lowest BCUT2D eigenvalue weighted by Crippen LogP contribution is -2.56. The first-order chi connectivity index (χ1) is 16.4. The summed E-state index contributed by atoms with van der Waals surface area (Å²) in [4.78, 5) is 37.8. The normalized spacial score (nSPS) is 15.8. The van der Waals surface area contributed by atoms with Gasteiger partial charge in [-0.25, -0.2) is 9.59 Å². The first kappa shape index (κ1) is 23.4. The number of likely N-dealkylation sites (N-methyl/N-ethyl adjacent to an activating group) is 1. The van der Waals surface area contributed by atoms with Gasteiger partial charge in [-0.2, -0.15) is 0 Å². The largest absolute Gasteiger partial charge is 0.479 e. The van der Waals surface area contributed by atoms with Crippen molar-refractivity contribution in [3.05, 3.63) is 59.7 Å². The molecule has 0 spiro atoms. The van der Waals surface area contributed by atoms with Crippen molar-refractivity contribution in [3.8, 4) is 23.0 Å². The van der Waals surface area contributed by atoms with Crippen molar-refractivity contribution in [2.75, 3.05) is 20.2 Å². The number of benzene rings is 2. The molecule has 7 nitrogen and oxygen atoms in total. The lowest BCUT2D eigenvalue weighted by Gasteiger charge is -2.40. The molecule has 4 rings (SSSR count). The molecule has 0 saturated heterocycles. The number of carbonyl (C=O) groups is 3. The number of fused-ring (bicyclic) bond motifs is 3. The number of nitrogens with zero attached hydrogens (tertiary/aromatic N) is 1. The molecule has 2 amide bonds. The number of alkyl carbamates (subject to hydrolysis) is 1. The molecular weight excluding hydrogens is 432 g/mol. The van der Waals surface area contributed by atoms with Gasteiger partial charge >= 0.3 is 12.1 Å². The van der Waals surface area contributed by atoms with Crippen LogP contribution in [0, 0.1) is 11.8 Å². The average Bonchev–Trinajstić information content (AvgIpc) is 3.18. The second-order valence-electron chi connectivity index (χ2n) is 8.74. The van der Waals surface area contributed by atoms with Crippen molar-refractivity contribution in [1.82, 2.24) is 10.2 Å². The third kappa shape index (κ3) is 4.49. The van der Waals surface area contributed by atoms with Crippen molar-refractivity contribution in [2.24, 2.45) is 0 Å². The molecule has 2 N–H and O–H groups in total. The zero-order chi connectivity index (χ0) is 24.1. The Morgan fingerprint density at radius 3 is 2.21 bits per heavy atom. The Morgan fingerprint density at radius 2 is 1.62 bits per heavy atom. The van der Waals surface area contributed by atoms with E-state index in [-0.39, 0.29) is 19.1 Å². The molecule has 0 bridgehead atoms. The minimum Gasteiger partial charge on any atom is -0.479 e. The Balaban J connectivity index is 1.30. The summed E-state index contributed by atoms with van der Waals surface area (Å²) in [6.45, 7) is 0.117. The van der Waals surface area contributed by atoms with Gasteiger partial charge in [-0.15, -0.1) is 0 Å². The third-order valence-electron chi connectivity index (χ3n) is 6.89. The van der Waals surface area contributed by atoms with Crippen molar-refractivity contribution in [3.63, 3.8) is 0 Å². The van der Waals surface area contributed by atoms with Gasteiger partial charge in [0.1, 0.15) is 12.1 Å². The SMILES string of the molecule is CN(C(=O)C#CCNC(=O)OCC1c2ccccc2-c2ccccc21)C1(C(=O)O)CCCCC1. The van der Waals surface area contributed by atoms with Gasteiger partial charge in [-0.05, 0) is 41.0 Å². The van der Waals surface area contributed by atoms with Crippen molar-refractivity contribution >= 4 is 18.0 Å². The highest BCUT2D eigenvalue weighted by Gasteiger charge is 2.45. The van der Waals surface area contributed by atoms with Crippen LogP contribution in [0.25, 0.3) is 11.1 Å². The molecule has 0 atom stereocenters. The molecule has 1 fully saturated rings. The highest BCUT2D eigenvalue weighted by atomic mass is 16.5. The fourth-order valence-electron chi connectivity index (χ4n) is 4.99. The van der Waals surface area contributed by atoms with Crippen LogP contribution in [0.2, 0.25) is 0 Å². The molecule has 2 aromatic rings. The van der Waals surface area contributed by atoms with E-state index in [1.807, 2.05) is 36.4 Å². The summed E-state index contributed by atoms with van der Waals surface area (Å²) in [6.07, 6.45) is 2.72. The average molecular weight is 461 g/mol. The number of amides is 2. The predicted octanol–water partition coefficient (Wildman–Crippen LogP) is 3.77. The maximum atomic E-state index is 12.5. The molecule has 0 aromatic heterocycles. The lowest BCUT2D eigenvalue weighted by molar-refractivity contribution is -0.158. The van der Waals surface area contributed by atoms with Gasteiger partial charge in [0, 0.05) is 13.0 Å². The van der Waals surface area contributed by atoms with Gasteiger partial charge in [0.15, 0.2) is 0 Å². The van der Waals surface area contributed by atoms with E-state index in [9.17, 15) is 19.5 Å². The van der Waals surface area contributed by atoms with E-state index in [0.717, 1.165) is 41.5 Å². The van der Waals surface area contributed by atoms with Gasteiger partial charge in [-0.1, -0.05) is 73.7 Å². The second kappa shape index (κ2) is 10.0. The van der Waals surface area contributed by atoms with Crippen molar-refractivity contribution < 1.29 is 24.2 Å². The molecule has 176 valence electrons. The smallest absolute Gasteiger partial charge is 0.407 e. The summed E-state index contributed by atoms with van der Waals surface area (Å²) in [5.41, 5.74) is 3.35. The van der Waals surface area contributed by atoms with Gasteiger partial charge in [0.05, 0.1) is 6.54 Å². The van der Waals surface area contributed by atoms with E-state index in [4.69, 9.17) is 4.74 Å². The van der Waals surface area contributed by atoms with Crippen molar-refractivity contribution in [2.45, 2.75) is 43.6 Å². The van der Waals surface area contributed by atoms with Crippen LogP contribution in [0.4, 0.5) is 4.79 Å². The summed E-state index contributed by atoms with van der Waals surface area (Å²) < 4.78 is 5.45. The van der Waals surface area contributed by atoms with Gasteiger partial charge in [-0.3, -0.25) is 4.79 Å². The first-order valence-corrected chi connectivity index (χ1v) is 11.5. The Hall–Kier alpha value is -3.79. The second-order valence-corrected chi connectivity index (χ2v) is 8.74. The Labute approximate surface area is 199 Å². The number of hydrogen-bond acceptors (Lipinski definition) is 4. The molecular formula is C27H28N2O5. The predicted molar refractivity (Wildman–Crippen MR) is 127 cm³/mol. The summed E-state index contributed by atoms with van der Waals surface area (Å²) in [6, 6.07) is 16.2. The summed E-state index contributed by atoms with van der Waals surface area (Å²) in [7, 11) is 1.48. The molecule has 0 aliphatic heterocycles. The number of ether oxygens (including phenoxy) is 1. The van der Waals surface area contributed by atoms with E-state index in [0.29, 0.717) is 12.8 Å². The molecule has 0 unspecified atom stereocenters. The highest BCUT2D eigenvalue weighted by molar-refractivity contribution is 5.97. The molecule has 2 aromatic carbocycles. The first-order valence-electron chi connectivity index (χ1n) is 11.5. The summed E-state index contributed by atoms with van der Waals surface area (Å²) >= 11 is 0. The Kier molecular flexibility index (Phi) is 6.87. The zero-order valence-corrected chi connectivity index (χ0v) is 19.2. The minimum atomic E-state index is -1.20. The fourth-order valence-corrected chi connectivity index (χ4v) is 4.99. The van der Waals surface area contributed by atoms with Crippen molar-refractivity contribution in [1.29, 1.82) is 0 Å². The van der Waals surface area contributed by atoms with Gasteiger partial charge < -0.3 is 20.1 Å². The van der Waals surface area contributed by atoms with Crippen LogP contribution < -0.4 is 5.32 Å². The minimum absolute atomic E-state index is 0.0397. The highest BCUT2D eigenvalue weighted by Crippen LogP contribution is 2.44. The van der Waals surface area contributed by atoms with Crippen LogP contribution >= 0.6 is 0 Å². The number of rotatable bonds is 5. The molecule has 0 radical (unpaired) electrons. The number of carboxylic acids is 1. The van der Waals surface area contributed by atoms with E-state index in [1.165, 1.54) is 11.9 Å². The Morgan fingerprint density at radius 1 is 1.03 bits per heavy atom. The standard InChI is InChI=1S/C27H28N2O5/c1-29(27(25(31)32)15-7-2-8-16-27)24(30)14-9-17-28-26(33)34-18-23-21-12-5-3-10-19(21)20-11-4-6-13-22(20)23/h3-6,10-13,23H,2,7-8,15-18H2,1H3,(H,28,33)(H,31,32). The maximum Gasteiger partial charge on any atom is 0.407 e. The summed E-state index contributed by atoms with van der Waals surface area (Å²) in [5, 5.41) is 12.2. The molecule has 7 heteroatoms. The van der Waals surface area contributed by atoms with Crippen LogP contribution in [0.15, 0.2) is 48.5 Å². The topological polar surface area (TPSA) is 95.9 Å². The molecule has 2 aliphatic rings. The van der Waals surface area contributed by atoms with Crippen LogP contribution in [0.1, 0.15) is 49.1 Å². The fraction of sp³-hybridized carbons (Fsp3) is 0.370. The van der Waals surface area contributed by atoms with Crippen LogP contribution in [0.3, 0.4) is 0 Å². The summed E-state index contributed by atoms with van der Waals surface area (Å²) in [5.74, 6) is 3.44. The molecule has 1 saturated carbocycles.